The number of hydrogen-bond donors (Lipinski definition) is 1. The van der Waals surface area contributed by atoms with Gasteiger partial charge in [-0.25, -0.2) is 0 Å². The van der Waals surface area contributed by atoms with Gasteiger partial charge in [0.25, 0.3) is 0 Å². The van der Waals surface area contributed by atoms with Gasteiger partial charge in [0.05, 0.1) is 18.3 Å². The molecule has 1 aliphatic carbocycles. The number of nitrogens with zero attached hydrogens (tertiary/aromatic N) is 1. The van der Waals surface area contributed by atoms with Crippen LogP contribution in [0, 0.1) is 0 Å². The lowest BCUT2D eigenvalue weighted by Gasteiger charge is -2.19. The van der Waals surface area contributed by atoms with Crippen molar-refractivity contribution in [1.29, 1.82) is 0 Å². The van der Waals surface area contributed by atoms with Crippen LogP contribution in [0.25, 0.3) is 27.9 Å². The van der Waals surface area contributed by atoms with E-state index >= 15 is 0 Å². The molecule has 0 amide bonds. The molecule has 2 heterocycles. The maximum absolute atomic E-state index is 5.39. The summed E-state index contributed by atoms with van der Waals surface area (Å²) in [6, 6.07) is 16.8. The summed E-state index contributed by atoms with van der Waals surface area (Å²) >= 11 is 0. The lowest BCUT2D eigenvalue weighted by molar-refractivity contribution is 0.415. The minimum atomic E-state index is 0.286. The first-order valence-electron chi connectivity index (χ1n) is 8.54. The maximum Gasteiger partial charge on any atom is 0.119 e. The van der Waals surface area contributed by atoms with Gasteiger partial charge >= 0.3 is 0 Å². The summed E-state index contributed by atoms with van der Waals surface area (Å²) in [5.41, 5.74) is 6.04. The van der Waals surface area contributed by atoms with Gasteiger partial charge in [-0.05, 0) is 41.8 Å². The lowest BCUT2D eigenvalue weighted by Crippen LogP contribution is -2.07. The van der Waals surface area contributed by atoms with Gasteiger partial charge in [0.2, 0.25) is 0 Å². The van der Waals surface area contributed by atoms with Gasteiger partial charge in [0.15, 0.2) is 0 Å². The Labute approximate surface area is 146 Å². The number of nitrogens with one attached hydrogen (secondary N) is 1. The minimum absolute atomic E-state index is 0.286. The summed E-state index contributed by atoms with van der Waals surface area (Å²) < 4.78 is 5.39. The summed E-state index contributed by atoms with van der Waals surface area (Å²) in [4.78, 5) is 8.29. The van der Waals surface area contributed by atoms with Crippen molar-refractivity contribution in [2.75, 3.05) is 7.11 Å². The SMILES string of the molecule is COc1ccc2[nH]c3c(C4C=Cc5ccccc5C4)nccc3c2c1. The van der Waals surface area contributed by atoms with E-state index in [1.807, 2.05) is 12.3 Å². The Hall–Kier alpha value is -3.07. The summed E-state index contributed by atoms with van der Waals surface area (Å²) in [5, 5.41) is 2.38. The molecule has 25 heavy (non-hydrogen) atoms. The predicted molar refractivity (Wildman–Crippen MR) is 102 cm³/mol. The molecule has 4 aromatic rings. The number of benzene rings is 2. The highest BCUT2D eigenvalue weighted by Crippen LogP contribution is 2.35. The molecule has 1 unspecified atom stereocenters. The average Bonchev–Trinajstić information content (AvgIpc) is 3.05. The van der Waals surface area contributed by atoms with E-state index in [1.165, 1.54) is 21.9 Å². The molecular weight excluding hydrogens is 308 g/mol. The van der Waals surface area contributed by atoms with Crippen molar-refractivity contribution in [2.24, 2.45) is 0 Å². The third-order valence-corrected chi connectivity index (χ3v) is 5.11. The van der Waals surface area contributed by atoms with E-state index in [2.05, 4.69) is 59.6 Å². The molecule has 0 bridgehead atoms. The molecule has 3 heteroatoms. The van der Waals surface area contributed by atoms with Crippen molar-refractivity contribution in [3.05, 3.63) is 77.6 Å². The van der Waals surface area contributed by atoms with Gasteiger partial charge in [-0.15, -0.1) is 0 Å². The molecule has 0 aliphatic heterocycles. The monoisotopic (exact) mass is 326 g/mol. The first-order valence-corrected chi connectivity index (χ1v) is 8.54. The predicted octanol–water partition coefficient (Wildman–Crippen LogP) is 5.08. The van der Waals surface area contributed by atoms with Gasteiger partial charge in [-0.2, -0.15) is 0 Å². The van der Waals surface area contributed by atoms with Crippen molar-refractivity contribution in [2.45, 2.75) is 12.3 Å². The zero-order chi connectivity index (χ0) is 16.8. The number of aromatic nitrogens is 2. The maximum atomic E-state index is 5.39. The molecule has 1 N–H and O–H groups in total. The smallest absolute Gasteiger partial charge is 0.119 e. The molecule has 2 aromatic carbocycles. The fourth-order valence-electron chi connectivity index (χ4n) is 3.83. The fraction of sp³-hybridized carbons (Fsp3) is 0.136. The van der Waals surface area contributed by atoms with Crippen LogP contribution in [-0.4, -0.2) is 17.1 Å². The highest BCUT2D eigenvalue weighted by molar-refractivity contribution is 6.08. The number of ether oxygens (including phenoxy) is 1. The zero-order valence-corrected chi connectivity index (χ0v) is 14.0. The number of fused-ring (bicyclic) bond motifs is 4. The molecule has 0 spiro atoms. The Balaban J connectivity index is 1.67. The number of pyridine rings is 1. The van der Waals surface area contributed by atoms with Crippen LogP contribution in [0.5, 0.6) is 5.75 Å². The molecule has 122 valence electrons. The third-order valence-electron chi connectivity index (χ3n) is 5.11. The standard InChI is InChI=1S/C22H18N2O/c1-25-17-8-9-20-19(13-17)18-10-11-23-21(22(18)24-20)16-7-6-14-4-2-3-5-15(14)12-16/h2-11,13,16,24H,12H2,1H3. The molecule has 1 atom stereocenters. The van der Waals surface area contributed by atoms with Crippen LogP contribution >= 0.6 is 0 Å². The molecule has 0 radical (unpaired) electrons. The molecule has 0 saturated carbocycles. The van der Waals surface area contributed by atoms with Crippen molar-refractivity contribution in [3.63, 3.8) is 0 Å². The van der Waals surface area contributed by atoms with Gasteiger partial charge in [-0.3, -0.25) is 4.98 Å². The minimum Gasteiger partial charge on any atom is -0.497 e. The number of methoxy groups -OCH3 is 1. The average molecular weight is 326 g/mol. The normalized spacial score (nSPS) is 16.3. The second kappa shape index (κ2) is 5.49. The molecule has 0 saturated heterocycles. The third kappa shape index (κ3) is 2.23. The summed E-state index contributed by atoms with van der Waals surface area (Å²) in [5.74, 6) is 1.16. The quantitative estimate of drug-likeness (QED) is 0.558. The molecule has 5 rings (SSSR count). The Bertz CT molecular complexity index is 1120. The van der Waals surface area contributed by atoms with Crippen molar-refractivity contribution in [1.82, 2.24) is 9.97 Å². The van der Waals surface area contributed by atoms with E-state index < -0.39 is 0 Å². The van der Waals surface area contributed by atoms with E-state index in [0.29, 0.717) is 0 Å². The number of rotatable bonds is 2. The Morgan fingerprint density at radius 1 is 1.08 bits per heavy atom. The van der Waals surface area contributed by atoms with Gasteiger partial charge in [-0.1, -0.05) is 36.4 Å². The van der Waals surface area contributed by atoms with Gasteiger partial charge in [0, 0.05) is 28.4 Å². The van der Waals surface area contributed by atoms with Crippen molar-refractivity contribution in [3.8, 4) is 5.75 Å². The number of H-pyrrole nitrogens is 1. The van der Waals surface area contributed by atoms with E-state index in [9.17, 15) is 0 Å². The first-order chi connectivity index (χ1) is 12.3. The van der Waals surface area contributed by atoms with Crippen molar-refractivity contribution < 1.29 is 4.74 Å². The van der Waals surface area contributed by atoms with Gasteiger partial charge < -0.3 is 9.72 Å². The summed E-state index contributed by atoms with van der Waals surface area (Å²) in [7, 11) is 1.70. The topological polar surface area (TPSA) is 37.9 Å². The van der Waals surface area contributed by atoms with E-state index in [0.717, 1.165) is 28.9 Å². The lowest BCUT2D eigenvalue weighted by atomic mass is 9.87. The highest BCUT2D eigenvalue weighted by Gasteiger charge is 2.20. The summed E-state index contributed by atoms with van der Waals surface area (Å²) in [6.07, 6.45) is 7.39. The molecule has 3 nitrogen and oxygen atoms in total. The van der Waals surface area contributed by atoms with Crippen LogP contribution in [0.4, 0.5) is 0 Å². The molecule has 2 aromatic heterocycles. The first kappa shape index (κ1) is 14.3. The highest BCUT2D eigenvalue weighted by atomic mass is 16.5. The van der Waals surface area contributed by atoms with Crippen LogP contribution in [0.3, 0.4) is 0 Å². The van der Waals surface area contributed by atoms with Crippen LogP contribution in [0.2, 0.25) is 0 Å². The number of aromatic amines is 1. The molecule has 0 fully saturated rings. The Morgan fingerprint density at radius 2 is 2.00 bits per heavy atom. The van der Waals surface area contributed by atoms with Crippen molar-refractivity contribution >= 4 is 27.9 Å². The fourth-order valence-corrected chi connectivity index (χ4v) is 3.83. The second-order valence-corrected chi connectivity index (χ2v) is 6.52. The second-order valence-electron chi connectivity index (χ2n) is 6.52. The van der Waals surface area contributed by atoms with Crippen LogP contribution < -0.4 is 4.74 Å². The van der Waals surface area contributed by atoms with Crippen LogP contribution in [0.15, 0.2) is 60.8 Å². The Morgan fingerprint density at radius 3 is 2.92 bits per heavy atom. The molecular formula is C22H18N2O. The Kier molecular flexibility index (Phi) is 3.14. The number of allylic oxidation sites excluding steroid dienone is 1. The van der Waals surface area contributed by atoms with E-state index in [1.54, 1.807) is 7.11 Å². The van der Waals surface area contributed by atoms with E-state index in [4.69, 9.17) is 9.72 Å². The van der Waals surface area contributed by atoms with E-state index in [-0.39, 0.29) is 5.92 Å². The summed E-state index contributed by atoms with van der Waals surface area (Å²) in [6.45, 7) is 0. The zero-order valence-electron chi connectivity index (χ0n) is 14.0. The van der Waals surface area contributed by atoms with Gasteiger partial charge in [0.1, 0.15) is 5.75 Å². The van der Waals surface area contributed by atoms with Crippen LogP contribution in [-0.2, 0) is 6.42 Å². The largest absolute Gasteiger partial charge is 0.497 e. The number of hydrogen-bond acceptors (Lipinski definition) is 2. The molecule has 1 aliphatic rings. The van der Waals surface area contributed by atoms with Crippen LogP contribution in [0.1, 0.15) is 22.7 Å².